The molecule has 1 unspecified atom stereocenters. The van der Waals surface area contributed by atoms with Gasteiger partial charge in [-0.3, -0.25) is 4.98 Å². The molecule has 0 saturated heterocycles. The highest BCUT2D eigenvalue weighted by molar-refractivity contribution is 5.82. The lowest BCUT2D eigenvalue weighted by Crippen LogP contribution is -2.43. The van der Waals surface area contributed by atoms with Gasteiger partial charge in [-0.2, -0.15) is 0 Å². The highest BCUT2D eigenvalue weighted by Gasteiger charge is 2.48. The number of aromatic nitrogens is 1. The topological polar surface area (TPSA) is 24.9 Å². The van der Waals surface area contributed by atoms with Crippen LogP contribution in [0.3, 0.4) is 0 Å². The van der Waals surface area contributed by atoms with E-state index in [9.17, 15) is 4.39 Å². The molecule has 2 saturated carbocycles. The van der Waals surface area contributed by atoms with E-state index in [-0.39, 0.29) is 5.82 Å². The third kappa shape index (κ3) is 3.98. The fraction of sp³-hybridized carbons (Fsp3) is 0.393. The first kappa shape index (κ1) is 20.2. The van der Waals surface area contributed by atoms with E-state index in [0.717, 1.165) is 28.2 Å². The summed E-state index contributed by atoms with van der Waals surface area (Å²) in [6.07, 6.45) is 9.44. The Morgan fingerprint density at radius 1 is 1.10 bits per heavy atom. The lowest BCUT2D eigenvalue weighted by molar-refractivity contribution is -0.00863. The van der Waals surface area contributed by atoms with Gasteiger partial charge in [0.05, 0.1) is 5.52 Å². The van der Waals surface area contributed by atoms with Crippen LogP contribution in [0.25, 0.3) is 10.9 Å². The summed E-state index contributed by atoms with van der Waals surface area (Å²) in [5, 5.41) is 4.49. The molecular formula is C28H31FN2. The van der Waals surface area contributed by atoms with Crippen LogP contribution in [0.5, 0.6) is 0 Å². The predicted octanol–water partition coefficient (Wildman–Crippen LogP) is 7.69. The zero-order valence-corrected chi connectivity index (χ0v) is 18.3. The third-order valence-electron chi connectivity index (χ3n) is 7.95. The molecule has 2 aliphatic rings. The summed E-state index contributed by atoms with van der Waals surface area (Å²) in [7, 11) is 0. The van der Waals surface area contributed by atoms with E-state index in [1.165, 1.54) is 50.2 Å². The lowest BCUT2D eigenvalue weighted by Gasteiger charge is -2.54. The summed E-state index contributed by atoms with van der Waals surface area (Å²) in [6, 6.07) is 17.4. The maximum Gasteiger partial charge on any atom is 0.123 e. The van der Waals surface area contributed by atoms with Gasteiger partial charge in [-0.05, 0) is 104 Å². The van der Waals surface area contributed by atoms with Gasteiger partial charge >= 0.3 is 0 Å². The van der Waals surface area contributed by atoms with Crippen molar-refractivity contribution in [1.82, 2.24) is 4.98 Å². The molecule has 1 spiro atoms. The fourth-order valence-corrected chi connectivity index (χ4v) is 5.96. The quantitative estimate of drug-likeness (QED) is 0.463. The summed E-state index contributed by atoms with van der Waals surface area (Å²) in [6.45, 7) is 6.65. The van der Waals surface area contributed by atoms with Crippen molar-refractivity contribution in [2.75, 3.05) is 5.32 Å². The molecule has 160 valence electrons. The zero-order chi connectivity index (χ0) is 21.4. The second kappa shape index (κ2) is 8.11. The van der Waals surface area contributed by atoms with Gasteiger partial charge in [0.1, 0.15) is 5.82 Å². The average molecular weight is 415 g/mol. The predicted molar refractivity (Wildman–Crippen MR) is 126 cm³/mol. The number of anilines is 1. The van der Waals surface area contributed by atoms with Gasteiger partial charge in [0.2, 0.25) is 0 Å². The Labute approximate surface area is 184 Å². The van der Waals surface area contributed by atoms with E-state index in [1.54, 1.807) is 12.1 Å². The maximum atomic E-state index is 13.9. The Balaban J connectivity index is 1.19. The van der Waals surface area contributed by atoms with Crippen LogP contribution in [0.15, 0.2) is 73.1 Å². The van der Waals surface area contributed by atoms with Gasteiger partial charge in [0, 0.05) is 23.0 Å². The SMILES string of the molecule is C=C(Nc1ccccc1)C(C)C1CC2(CCC(c3ccnc4ccc(F)cc34)CC2)C1. The number of nitrogens with zero attached hydrogens (tertiary/aromatic N) is 1. The number of pyridine rings is 1. The number of hydrogen-bond acceptors (Lipinski definition) is 2. The molecule has 1 N–H and O–H groups in total. The Morgan fingerprint density at radius 3 is 2.58 bits per heavy atom. The number of benzene rings is 2. The zero-order valence-electron chi connectivity index (χ0n) is 18.3. The van der Waals surface area contributed by atoms with Crippen LogP contribution in [0.4, 0.5) is 10.1 Å². The first-order valence-corrected chi connectivity index (χ1v) is 11.6. The average Bonchev–Trinajstić information content (AvgIpc) is 2.77. The van der Waals surface area contributed by atoms with Crippen molar-refractivity contribution in [3.05, 3.63) is 84.5 Å². The van der Waals surface area contributed by atoms with Crippen molar-refractivity contribution < 1.29 is 4.39 Å². The van der Waals surface area contributed by atoms with Crippen molar-refractivity contribution in [2.45, 2.75) is 51.4 Å². The smallest absolute Gasteiger partial charge is 0.123 e. The van der Waals surface area contributed by atoms with E-state index >= 15 is 0 Å². The molecule has 31 heavy (non-hydrogen) atoms. The van der Waals surface area contributed by atoms with E-state index in [0.29, 0.717) is 17.3 Å². The van der Waals surface area contributed by atoms with E-state index in [2.05, 4.69) is 54.1 Å². The largest absolute Gasteiger partial charge is 0.359 e. The van der Waals surface area contributed by atoms with Crippen molar-refractivity contribution >= 4 is 16.6 Å². The third-order valence-corrected chi connectivity index (χ3v) is 7.95. The first-order valence-electron chi connectivity index (χ1n) is 11.6. The molecule has 2 nitrogen and oxygen atoms in total. The van der Waals surface area contributed by atoms with Crippen LogP contribution < -0.4 is 5.32 Å². The molecule has 2 fully saturated rings. The summed E-state index contributed by atoms with van der Waals surface area (Å²) in [4.78, 5) is 4.43. The number of para-hydroxylation sites is 1. The van der Waals surface area contributed by atoms with Crippen molar-refractivity contribution in [3.8, 4) is 0 Å². The number of rotatable bonds is 5. The summed E-state index contributed by atoms with van der Waals surface area (Å²) in [5.41, 5.74) is 4.95. The first-order chi connectivity index (χ1) is 15.0. The molecule has 1 atom stereocenters. The molecule has 0 radical (unpaired) electrons. The van der Waals surface area contributed by atoms with Gasteiger partial charge in [0.15, 0.2) is 0 Å². The van der Waals surface area contributed by atoms with Crippen LogP contribution in [0.2, 0.25) is 0 Å². The maximum absolute atomic E-state index is 13.9. The summed E-state index contributed by atoms with van der Waals surface area (Å²) >= 11 is 0. The Hall–Kier alpha value is -2.68. The second-order valence-electron chi connectivity index (χ2n) is 9.81. The fourth-order valence-electron chi connectivity index (χ4n) is 5.96. The molecule has 0 aliphatic heterocycles. The van der Waals surface area contributed by atoms with Crippen LogP contribution >= 0.6 is 0 Å². The van der Waals surface area contributed by atoms with Gasteiger partial charge in [-0.1, -0.05) is 31.7 Å². The monoisotopic (exact) mass is 414 g/mol. The van der Waals surface area contributed by atoms with Gasteiger partial charge in [-0.15, -0.1) is 0 Å². The molecular weight excluding hydrogens is 383 g/mol. The van der Waals surface area contributed by atoms with Crippen molar-refractivity contribution in [3.63, 3.8) is 0 Å². The minimum atomic E-state index is -0.172. The second-order valence-corrected chi connectivity index (χ2v) is 9.81. The molecule has 1 heterocycles. The van der Waals surface area contributed by atoms with Crippen LogP contribution in [-0.4, -0.2) is 4.98 Å². The van der Waals surface area contributed by atoms with Gasteiger partial charge < -0.3 is 5.32 Å². The van der Waals surface area contributed by atoms with Crippen LogP contribution in [-0.2, 0) is 0 Å². The highest BCUT2D eigenvalue weighted by atomic mass is 19.1. The number of nitrogens with one attached hydrogen (secondary N) is 1. The minimum Gasteiger partial charge on any atom is -0.359 e. The molecule has 0 amide bonds. The number of allylic oxidation sites excluding steroid dienone is 1. The van der Waals surface area contributed by atoms with Crippen molar-refractivity contribution in [1.29, 1.82) is 0 Å². The Morgan fingerprint density at radius 2 is 1.84 bits per heavy atom. The normalized spacial score (nSPS) is 26.4. The van der Waals surface area contributed by atoms with Gasteiger partial charge in [0.25, 0.3) is 0 Å². The van der Waals surface area contributed by atoms with Crippen LogP contribution in [0.1, 0.15) is 56.9 Å². The summed E-state index contributed by atoms with van der Waals surface area (Å²) < 4.78 is 13.9. The number of fused-ring (bicyclic) bond motifs is 1. The minimum absolute atomic E-state index is 0.172. The number of halogens is 1. The Kier molecular flexibility index (Phi) is 5.29. The van der Waals surface area contributed by atoms with E-state index in [4.69, 9.17) is 0 Å². The Bertz CT molecular complexity index is 1070. The molecule has 2 aromatic carbocycles. The van der Waals surface area contributed by atoms with E-state index < -0.39 is 0 Å². The molecule has 3 aromatic rings. The molecule has 5 rings (SSSR count). The lowest BCUT2D eigenvalue weighted by atomic mass is 9.52. The molecule has 0 bridgehead atoms. The molecule has 1 aromatic heterocycles. The van der Waals surface area contributed by atoms with Crippen LogP contribution in [0, 0.1) is 23.1 Å². The molecule has 3 heteroatoms. The van der Waals surface area contributed by atoms with Crippen molar-refractivity contribution in [2.24, 2.45) is 17.3 Å². The number of hydrogen-bond donors (Lipinski definition) is 1. The molecule has 2 aliphatic carbocycles. The van der Waals surface area contributed by atoms with Gasteiger partial charge in [-0.25, -0.2) is 4.39 Å². The van der Waals surface area contributed by atoms with E-state index in [1.807, 2.05) is 12.3 Å². The highest BCUT2D eigenvalue weighted by Crippen LogP contribution is 2.59. The summed E-state index contributed by atoms with van der Waals surface area (Å²) in [5.74, 6) is 1.55. The standard InChI is InChI=1S/C28H31FN2/c1-19(20(2)31-24-6-4-3-5-7-24)22-17-28(18-22)13-10-21(11-14-28)25-12-15-30-27-9-8-23(29)16-26(25)27/h3-9,12,15-16,19,21-22,31H,2,10-11,13-14,17-18H2,1H3.